The average Bonchev–Trinajstić information content (AvgIpc) is 2.27. The molecule has 0 heterocycles. The van der Waals surface area contributed by atoms with Crippen LogP contribution in [-0.2, 0) is 14.8 Å². The van der Waals surface area contributed by atoms with Gasteiger partial charge in [0.15, 0.2) is 0 Å². The van der Waals surface area contributed by atoms with Gasteiger partial charge in [-0.05, 0) is 18.6 Å². The molecule has 1 N–H and O–H groups in total. The van der Waals surface area contributed by atoms with E-state index in [4.69, 9.17) is 5.11 Å². The number of carboxylic acid groups (broad SMARTS) is 1. The molecule has 0 radical (unpaired) electrons. The molecule has 0 aliphatic carbocycles. The number of likely N-dealkylation sites (N-methyl/N-ethyl adjacent to an activating group) is 1. The van der Waals surface area contributed by atoms with Crippen molar-refractivity contribution in [3.63, 3.8) is 0 Å². The second-order valence-electron chi connectivity index (χ2n) is 3.86. The first kappa shape index (κ1) is 15.1. The van der Waals surface area contributed by atoms with Crippen molar-refractivity contribution in [3.05, 3.63) is 33.9 Å². The highest BCUT2D eigenvalue weighted by molar-refractivity contribution is 7.89. The number of carboxylic acids is 1. The van der Waals surface area contributed by atoms with E-state index >= 15 is 0 Å². The number of non-ortho nitro benzene ring substituents is 1. The predicted molar refractivity (Wildman–Crippen MR) is 65.3 cm³/mol. The molecule has 0 saturated heterocycles. The minimum Gasteiger partial charge on any atom is -0.480 e. The molecule has 0 aliphatic rings. The van der Waals surface area contributed by atoms with Crippen LogP contribution in [0, 0.1) is 17.0 Å². The molecule has 9 heteroatoms. The zero-order valence-corrected chi connectivity index (χ0v) is 11.0. The third-order valence-electron chi connectivity index (χ3n) is 2.42. The van der Waals surface area contributed by atoms with E-state index < -0.39 is 27.5 Å². The van der Waals surface area contributed by atoms with Crippen molar-refractivity contribution in [1.82, 2.24) is 4.31 Å². The maximum atomic E-state index is 12.1. The third kappa shape index (κ3) is 3.26. The average molecular weight is 288 g/mol. The van der Waals surface area contributed by atoms with Gasteiger partial charge >= 0.3 is 5.97 Å². The van der Waals surface area contributed by atoms with Crippen molar-refractivity contribution in [3.8, 4) is 0 Å². The zero-order chi connectivity index (χ0) is 14.8. The summed E-state index contributed by atoms with van der Waals surface area (Å²) >= 11 is 0. The minimum absolute atomic E-state index is 0.151. The molecule has 8 nitrogen and oxygen atoms in total. The molecule has 1 rings (SSSR count). The van der Waals surface area contributed by atoms with E-state index in [1.165, 1.54) is 6.92 Å². The molecule has 1 aromatic rings. The van der Waals surface area contributed by atoms with Crippen LogP contribution in [0.25, 0.3) is 0 Å². The summed E-state index contributed by atoms with van der Waals surface area (Å²) < 4.78 is 24.8. The number of hydrogen-bond acceptors (Lipinski definition) is 5. The number of hydrogen-bond donors (Lipinski definition) is 1. The smallest absolute Gasteiger partial charge is 0.318 e. The molecule has 0 atom stereocenters. The highest BCUT2D eigenvalue weighted by atomic mass is 32.2. The van der Waals surface area contributed by atoms with Gasteiger partial charge in [0.05, 0.1) is 9.82 Å². The van der Waals surface area contributed by atoms with Crippen molar-refractivity contribution in [2.75, 3.05) is 13.6 Å². The fourth-order valence-corrected chi connectivity index (χ4v) is 2.80. The number of nitrogens with zero attached hydrogens (tertiary/aromatic N) is 2. The normalized spacial score (nSPS) is 11.5. The van der Waals surface area contributed by atoms with E-state index in [-0.39, 0.29) is 16.1 Å². The zero-order valence-electron chi connectivity index (χ0n) is 10.2. The first-order valence-corrected chi connectivity index (χ1v) is 6.53. The molecule has 0 amide bonds. The van der Waals surface area contributed by atoms with Gasteiger partial charge in [0.1, 0.15) is 6.54 Å². The van der Waals surface area contributed by atoms with Crippen molar-refractivity contribution >= 4 is 21.7 Å². The number of nitro benzene ring substituents is 1. The van der Waals surface area contributed by atoms with Crippen molar-refractivity contribution in [2.24, 2.45) is 0 Å². The highest BCUT2D eigenvalue weighted by Gasteiger charge is 2.25. The van der Waals surface area contributed by atoms with Crippen LogP contribution in [-0.4, -0.2) is 42.3 Å². The Morgan fingerprint density at radius 2 is 2.05 bits per heavy atom. The Balaban J connectivity index is 3.22. The molecular weight excluding hydrogens is 276 g/mol. The van der Waals surface area contributed by atoms with Gasteiger partial charge in [-0.3, -0.25) is 14.9 Å². The lowest BCUT2D eigenvalue weighted by atomic mass is 10.2. The van der Waals surface area contributed by atoms with E-state index in [9.17, 15) is 23.3 Å². The topological polar surface area (TPSA) is 118 Å². The Hall–Kier alpha value is -2.00. The number of aryl methyl sites for hydroxylation is 1. The molecular formula is C10H12N2O6S. The summed E-state index contributed by atoms with van der Waals surface area (Å²) in [7, 11) is -2.85. The fourth-order valence-electron chi connectivity index (χ4n) is 1.48. The lowest BCUT2D eigenvalue weighted by Gasteiger charge is -2.16. The van der Waals surface area contributed by atoms with Gasteiger partial charge in [-0.1, -0.05) is 0 Å². The molecule has 0 fully saturated rings. The van der Waals surface area contributed by atoms with Crippen molar-refractivity contribution < 1.29 is 23.2 Å². The van der Waals surface area contributed by atoms with E-state index in [1.54, 1.807) is 0 Å². The number of rotatable bonds is 5. The Kier molecular flexibility index (Phi) is 4.22. The van der Waals surface area contributed by atoms with Crippen LogP contribution in [0.3, 0.4) is 0 Å². The second kappa shape index (κ2) is 5.33. The lowest BCUT2D eigenvalue weighted by molar-refractivity contribution is -0.385. The van der Waals surface area contributed by atoms with Gasteiger partial charge < -0.3 is 5.11 Å². The van der Waals surface area contributed by atoms with Crippen LogP contribution in [0.4, 0.5) is 5.69 Å². The van der Waals surface area contributed by atoms with Gasteiger partial charge in [0, 0.05) is 19.2 Å². The van der Waals surface area contributed by atoms with Crippen LogP contribution in [0.5, 0.6) is 0 Å². The first-order valence-electron chi connectivity index (χ1n) is 5.09. The highest BCUT2D eigenvalue weighted by Crippen LogP contribution is 2.23. The maximum absolute atomic E-state index is 12.1. The van der Waals surface area contributed by atoms with Gasteiger partial charge in [0.25, 0.3) is 5.69 Å². The van der Waals surface area contributed by atoms with Gasteiger partial charge in [-0.2, -0.15) is 4.31 Å². The summed E-state index contributed by atoms with van der Waals surface area (Å²) in [6.07, 6.45) is 0. The van der Waals surface area contributed by atoms with Crippen molar-refractivity contribution in [1.29, 1.82) is 0 Å². The summed E-state index contributed by atoms with van der Waals surface area (Å²) in [6.45, 7) is 0.729. The van der Waals surface area contributed by atoms with E-state index in [0.717, 1.165) is 25.2 Å². The standard InChI is InChI=1S/C10H12N2O6S/c1-7-5-8(12(15)16)3-4-9(7)19(17,18)11(2)6-10(13)14/h3-5H,6H2,1-2H3,(H,13,14). The summed E-state index contributed by atoms with van der Waals surface area (Å²) in [5.74, 6) is -1.29. The Bertz CT molecular complexity index is 625. The number of aliphatic carboxylic acids is 1. The summed E-state index contributed by atoms with van der Waals surface area (Å²) in [5.41, 5.74) is -0.0382. The minimum atomic E-state index is -3.98. The summed E-state index contributed by atoms with van der Waals surface area (Å²) in [6, 6.07) is 3.29. The molecule has 104 valence electrons. The van der Waals surface area contributed by atoms with Crippen LogP contribution in [0.2, 0.25) is 0 Å². The SMILES string of the molecule is Cc1cc([N+](=O)[O-])ccc1S(=O)(=O)N(C)CC(=O)O. The van der Waals surface area contributed by atoms with E-state index in [1.807, 2.05) is 0 Å². The number of nitro groups is 1. The molecule has 0 aromatic heterocycles. The first-order chi connectivity index (χ1) is 8.66. The van der Waals surface area contributed by atoms with Crippen LogP contribution in [0.15, 0.2) is 23.1 Å². The molecule has 0 spiro atoms. The quantitative estimate of drug-likeness (QED) is 0.626. The second-order valence-corrected chi connectivity index (χ2v) is 5.88. The molecule has 0 bridgehead atoms. The van der Waals surface area contributed by atoms with Crippen LogP contribution in [0.1, 0.15) is 5.56 Å². The monoisotopic (exact) mass is 288 g/mol. The number of carbonyl (C=O) groups is 1. The van der Waals surface area contributed by atoms with Gasteiger partial charge in [-0.25, -0.2) is 8.42 Å². The number of benzene rings is 1. The fraction of sp³-hybridized carbons (Fsp3) is 0.300. The lowest BCUT2D eigenvalue weighted by Crippen LogP contribution is -2.32. The predicted octanol–water partition coefficient (Wildman–Crippen LogP) is 0.608. The summed E-state index contributed by atoms with van der Waals surface area (Å²) in [5, 5.41) is 19.1. The van der Waals surface area contributed by atoms with E-state index in [2.05, 4.69) is 0 Å². The summed E-state index contributed by atoms with van der Waals surface area (Å²) in [4.78, 5) is 20.3. The Morgan fingerprint density at radius 3 is 2.47 bits per heavy atom. The molecule has 19 heavy (non-hydrogen) atoms. The van der Waals surface area contributed by atoms with Gasteiger partial charge in [0.2, 0.25) is 10.0 Å². The van der Waals surface area contributed by atoms with Crippen molar-refractivity contribution in [2.45, 2.75) is 11.8 Å². The van der Waals surface area contributed by atoms with Crippen LogP contribution >= 0.6 is 0 Å². The van der Waals surface area contributed by atoms with Crippen LogP contribution < -0.4 is 0 Å². The molecule has 0 aliphatic heterocycles. The third-order valence-corrected chi connectivity index (χ3v) is 4.38. The largest absolute Gasteiger partial charge is 0.480 e. The number of sulfonamides is 1. The van der Waals surface area contributed by atoms with E-state index in [0.29, 0.717) is 4.31 Å². The molecule has 0 unspecified atom stereocenters. The maximum Gasteiger partial charge on any atom is 0.318 e. The molecule has 1 aromatic carbocycles. The Morgan fingerprint density at radius 1 is 1.47 bits per heavy atom. The molecule has 0 saturated carbocycles. The van der Waals surface area contributed by atoms with Gasteiger partial charge in [-0.15, -0.1) is 0 Å². The Labute approximate surface area is 109 Å².